The van der Waals surface area contributed by atoms with Crippen LogP contribution in [0.3, 0.4) is 0 Å². The Morgan fingerprint density at radius 1 is 1.32 bits per heavy atom. The Bertz CT molecular complexity index is 411. The van der Waals surface area contributed by atoms with Crippen LogP contribution in [0.2, 0.25) is 0 Å². The molecule has 0 amide bonds. The summed E-state index contributed by atoms with van der Waals surface area (Å²) < 4.78 is 0. The Kier molecular flexibility index (Phi) is 5.26. The molecule has 0 aliphatic heterocycles. The Balaban J connectivity index is 2.05. The van der Waals surface area contributed by atoms with Crippen molar-refractivity contribution in [3.63, 3.8) is 0 Å². The van der Waals surface area contributed by atoms with Gasteiger partial charge in [0.15, 0.2) is 0 Å². The Morgan fingerprint density at radius 2 is 2.00 bits per heavy atom. The fraction of sp³-hybridized carbons (Fsp3) is 0.688. The lowest BCUT2D eigenvalue weighted by Crippen LogP contribution is -2.36. The summed E-state index contributed by atoms with van der Waals surface area (Å²) in [5.41, 5.74) is 2.54. The summed E-state index contributed by atoms with van der Waals surface area (Å²) >= 11 is 3.49. The van der Waals surface area contributed by atoms with Crippen LogP contribution in [0.5, 0.6) is 0 Å². The molecule has 2 rings (SSSR count). The standard InChI is InChI=1S/C16H25BrN2/c1-4-13-5-7-15(8-6-13)19(3)16-12(2)9-14(10-17)11-18-16/h9,11,13,15H,4-8,10H2,1-3H3. The zero-order chi connectivity index (χ0) is 13.8. The Labute approximate surface area is 125 Å². The Hall–Kier alpha value is -0.570. The third-order valence-electron chi connectivity index (χ3n) is 4.54. The normalized spacial score (nSPS) is 23.4. The first-order valence-corrected chi connectivity index (χ1v) is 8.52. The molecule has 1 aromatic rings. The van der Waals surface area contributed by atoms with E-state index in [2.05, 4.69) is 52.8 Å². The molecule has 1 fully saturated rings. The van der Waals surface area contributed by atoms with E-state index in [4.69, 9.17) is 0 Å². The minimum Gasteiger partial charge on any atom is -0.356 e. The van der Waals surface area contributed by atoms with Gasteiger partial charge in [-0.15, -0.1) is 0 Å². The lowest BCUT2D eigenvalue weighted by molar-refractivity contribution is 0.313. The summed E-state index contributed by atoms with van der Waals surface area (Å²) in [6.07, 6.45) is 8.72. The fourth-order valence-electron chi connectivity index (χ4n) is 3.18. The van der Waals surface area contributed by atoms with Crippen molar-refractivity contribution < 1.29 is 0 Å². The topological polar surface area (TPSA) is 16.1 Å². The van der Waals surface area contributed by atoms with Crippen LogP contribution < -0.4 is 4.90 Å². The van der Waals surface area contributed by atoms with Gasteiger partial charge >= 0.3 is 0 Å². The predicted molar refractivity (Wildman–Crippen MR) is 86.0 cm³/mol. The van der Waals surface area contributed by atoms with Gasteiger partial charge in [-0.2, -0.15) is 0 Å². The van der Waals surface area contributed by atoms with Crippen LogP contribution in [0.15, 0.2) is 12.3 Å². The van der Waals surface area contributed by atoms with Crippen LogP contribution in [0.4, 0.5) is 5.82 Å². The molecule has 0 radical (unpaired) electrons. The third-order valence-corrected chi connectivity index (χ3v) is 5.18. The van der Waals surface area contributed by atoms with Crippen LogP contribution >= 0.6 is 15.9 Å². The smallest absolute Gasteiger partial charge is 0.131 e. The molecule has 106 valence electrons. The van der Waals surface area contributed by atoms with E-state index in [0.29, 0.717) is 6.04 Å². The van der Waals surface area contributed by atoms with Gasteiger partial charge < -0.3 is 4.90 Å². The molecular weight excluding hydrogens is 300 g/mol. The van der Waals surface area contributed by atoms with E-state index in [1.54, 1.807) is 0 Å². The van der Waals surface area contributed by atoms with Gasteiger partial charge in [0.05, 0.1) is 0 Å². The lowest BCUT2D eigenvalue weighted by atomic mass is 9.84. The maximum Gasteiger partial charge on any atom is 0.131 e. The molecule has 0 N–H and O–H groups in total. The molecule has 19 heavy (non-hydrogen) atoms. The first-order chi connectivity index (χ1) is 9.15. The zero-order valence-electron chi connectivity index (χ0n) is 12.3. The first-order valence-electron chi connectivity index (χ1n) is 7.40. The van der Waals surface area contributed by atoms with Crippen LogP contribution in [-0.4, -0.2) is 18.1 Å². The fourth-order valence-corrected chi connectivity index (χ4v) is 3.49. The lowest BCUT2D eigenvalue weighted by Gasteiger charge is -2.35. The van der Waals surface area contributed by atoms with Gasteiger partial charge in [0, 0.05) is 24.6 Å². The van der Waals surface area contributed by atoms with Gasteiger partial charge in [-0.3, -0.25) is 0 Å². The van der Waals surface area contributed by atoms with Crippen molar-refractivity contribution in [2.45, 2.75) is 57.3 Å². The molecule has 0 saturated heterocycles. The average Bonchev–Trinajstić information content (AvgIpc) is 2.46. The second-order valence-corrected chi connectivity index (χ2v) is 6.37. The number of aromatic nitrogens is 1. The van der Waals surface area contributed by atoms with E-state index >= 15 is 0 Å². The molecule has 1 aliphatic rings. The molecule has 0 spiro atoms. The van der Waals surface area contributed by atoms with Crippen molar-refractivity contribution in [3.8, 4) is 0 Å². The Morgan fingerprint density at radius 3 is 2.53 bits per heavy atom. The van der Waals surface area contributed by atoms with Crippen LogP contribution in [0.25, 0.3) is 0 Å². The van der Waals surface area contributed by atoms with E-state index < -0.39 is 0 Å². The first kappa shape index (κ1) is 14.8. The van der Waals surface area contributed by atoms with Gasteiger partial charge in [0.2, 0.25) is 0 Å². The molecule has 1 aliphatic carbocycles. The number of anilines is 1. The van der Waals surface area contributed by atoms with Gasteiger partial charge in [-0.1, -0.05) is 35.3 Å². The van der Waals surface area contributed by atoms with Crippen LogP contribution in [0.1, 0.15) is 50.2 Å². The highest BCUT2D eigenvalue weighted by molar-refractivity contribution is 9.08. The summed E-state index contributed by atoms with van der Waals surface area (Å²) in [6, 6.07) is 2.91. The average molecular weight is 325 g/mol. The molecular formula is C16H25BrN2. The summed E-state index contributed by atoms with van der Waals surface area (Å²) in [7, 11) is 2.21. The number of pyridine rings is 1. The summed E-state index contributed by atoms with van der Waals surface area (Å²) in [4.78, 5) is 7.06. The maximum absolute atomic E-state index is 4.66. The maximum atomic E-state index is 4.66. The second kappa shape index (κ2) is 6.74. The van der Waals surface area contributed by atoms with Crippen molar-refractivity contribution >= 4 is 21.7 Å². The summed E-state index contributed by atoms with van der Waals surface area (Å²) in [5, 5.41) is 0.881. The molecule has 0 atom stereocenters. The van der Waals surface area contributed by atoms with Crippen molar-refractivity contribution in [1.29, 1.82) is 0 Å². The third kappa shape index (κ3) is 3.50. The highest BCUT2D eigenvalue weighted by Gasteiger charge is 2.24. The van der Waals surface area contributed by atoms with Crippen LogP contribution in [0, 0.1) is 12.8 Å². The van der Waals surface area contributed by atoms with E-state index in [1.807, 2.05) is 6.20 Å². The largest absolute Gasteiger partial charge is 0.356 e. The van der Waals surface area contributed by atoms with Crippen molar-refractivity contribution in [2.24, 2.45) is 5.92 Å². The summed E-state index contributed by atoms with van der Waals surface area (Å²) in [6.45, 7) is 4.49. The second-order valence-electron chi connectivity index (χ2n) is 5.81. The number of nitrogens with zero attached hydrogens (tertiary/aromatic N) is 2. The summed E-state index contributed by atoms with van der Waals surface area (Å²) in [5.74, 6) is 2.11. The van der Waals surface area contributed by atoms with Crippen molar-refractivity contribution in [2.75, 3.05) is 11.9 Å². The van der Waals surface area contributed by atoms with Crippen LogP contribution in [-0.2, 0) is 5.33 Å². The molecule has 0 bridgehead atoms. The number of hydrogen-bond acceptors (Lipinski definition) is 2. The highest BCUT2D eigenvalue weighted by atomic mass is 79.9. The van der Waals surface area contributed by atoms with Gasteiger partial charge in [-0.05, 0) is 49.7 Å². The number of aryl methyl sites for hydroxylation is 1. The molecule has 1 heterocycles. The van der Waals surface area contributed by atoms with Gasteiger partial charge in [0.1, 0.15) is 5.82 Å². The van der Waals surface area contributed by atoms with Crippen molar-refractivity contribution in [3.05, 3.63) is 23.4 Å². The zero-order valence-corrected chi connectivity index (χ0v) is 13.9. The number of hydrogen-bond donors (Lipinski definition) is 0. The molecule has 1 aromatic heterocycles. The number of halogens is 1. The quantitative estimate of drug-likeness (QED) is 0.747. The van der Waals surface area contributed by atoms with E-state index in [9.17, 15) is 0 Å². The molecule has 0 aromatic carbocycles. The van der Waals surface area contributed by atoms with E-state index in [0.717, 1.165) is 17.1 Å². The minimum absolute atomic E-state index is 0.670. The predicted octanol–water partition coefficient (Wildman–Crippen LogP) is 4.69. The van der Waals surface area contributed by atoms with Crippen molar-refractivity contribution in [1.82, 2.24) is 4.98 Å². The molecule has 1 saturated carbocycles. The SMILES string of the molecule is CCC1CCC(N(C)c2ncc(CBr)cc2C)CC1. The number of rotatable bonds is 4. The van der Waals surface area contributed by atoms with E-state index in [-0.39, 0.29) is 0 Å². The minimum atomic E-state index is 0.670. The highest BCUT2D eigenvalue weighted by Crippen LogP contribution is 2.31. The molecule has 0 unspecified atom stereocenters. The monoisotopic (exact) mass is 324 g/mol. The molecule has 2 nitrogen and oxygen atoms in total. The van der Waals surface area contributed by atoms with Gasteiger partial charge in [-0.25, -0.2) is 4.98 Å². The van der Waals surface area contributed by atoms with Gasteiger partial charge in [0.25, 0.3) is 0 Å². The number of alkyl halides is 1. The molecule has 3 heteroatoms. The van der Waals surface area contributed by atoms with E-state index in [1.165, 1.54) is 43.2 Å².